The minimum absolute atomic E-state index is 0.218. The molecule has 1 aromatic carbocycles. The maximum absolute atomic E-state index is 13.5. The third-order valence-electron chi connectivity index (χ3n) is 3.04. The summed E-state index contributed by atoms with van der Waals surface area (Å²) in [5, 5.41) is 2.05. The van der Waals surface area contributed by atoms with Gasteiger partial charge in [0, 0.05) is 23.5 Å². The molecule has 1 heterocycles. The molecule has 0 saturated carbocycles. The molecule has 1 nitrogen and oxygen atoms in total. The number of hydrogen-bond acceptors (Lipinski definition) is 2. The van der Waals surface area contributed by atoms with Crippen LogP contribution in [0.4, 0.5) is 10.1 Å². The highest BCUT2D eigenvalue weighted by Crippen LogP contribution is 2.29. The number of benzene rings is 1. The van der Waals surface area contributed by atoms with Gasteiger partial charge in [0.05, 0.1) is 6.04 Å². The quantitative estimate of drug-likeness (QED) is 0.727. The second-order valence-electron chi connectivity index (χ2n) is 4.25. The summed E-state index contributed by atoms with van der Waals surface area (Å²) in [7, 11) is 1.97. The topological polar surface area (TPSA) is 3.24 Å². The average Bonchev–Trinajstić information content (AvgIpc) is 2.90. The van der Waals surface area contributed by atoms with Crippen molar-refractivity contribution in [1.29, 1.82) is 0 Å². The second-order valence-corrected chi connectivity index (χ2v) is 5.50. The summed E-state index contributed by atoms with van der Waals surface area (Å²) in [6.07, 6.45) is 0. The molecule has 2 rings (SSSR count). The van der Waals surface area contributed by atoms with Crippen LogP contribution in [0.5, 0.6) is 0 Å². The fourth-order valence-corrected chi connectivity index (χ4v) is 2.84. The van der Waals surface area contributed by atoms with E-state index < -0.39 is 0 Å². The summed E-state index contributed by atoms with van der Waals surface area (Å²) in [6, 6.07) is 9.28. The number of anilines is 1. The van der Waals surface area contributed by atoms with Gasteiger partial charge in [0.2, 0.25) is 0 Å². The van der Waals surface area contributed by atoms with Crippen LogP contribution in [0.1, 0.15) is 23.4 Å². The van der Waals surface area contributed by atoms with Gasteiger partial charge in [-0.3, -0.25) is 0 Å². The lowest BCUT2D eigenvalue weighted by atomic mass is 10.1. The van der Waals surface area contributed by atoms with Crippen LogP contribution in [0, 0.1) is 5.82 Å². The molecule has 2 aromatic rings. The molecule has 0 radical (unpaired) electrons. The number of hydrogen-bond donors (Lipinski definition) is 0. The van der Waals surface area contributed by atoms with Gasteiger partial charge in [-0.2, -0.15) is 0 Å². The minimum atomic E-state index is -0.242. The highest BCUT2D eigenvalue weighted by atomic mass is 35.5. The van der Waals surface area contributed by atoms with Crippen LogP contribution >= 0.6 is 22.9 Å². The Morgan fingerprint density at radius 2 is 2.17 bits per heavy atom. The third-order valence-corrected chi connectivity index (χ3v) is 4.39. The van der Waals surface area contributed by atoms with Crippen molar-refractivity contribution in [3.05, 3.63) is 52.0 Å². The molecule has 0 spiro atoms. The van der Waals surface area contributed by atoms with Crippen molar-refractivity contribution in [3.63, 3.8) is 0 Å². The zero-order valence-corrected chi connectivity index (χ0v) is 11.9. The van der Waals surface area contributed by atoms with Gasteiger partial charge in [0.25, 0.3) is 0 Å². The lowest BCUT2D eigenvalue weighted by Gasteiger charge is -2.26. The Morgan fingerprint density at radius 3 is 2.78 bits per heavy atom. The molecule has 4 heteroatoms. The lowest BCUT2D eigenvalue weighted by molar-refractivity contribution is 0.624. The summed E-state index contributed by atoms with van der Waals surface area (Å²) < 4.78 is 13.5. The standard InChI is InChI=1S/C14H15ClFNS/c1-10(14-4-3-5-18-14)17(2)13-7-11(9-15)6-12(16)8-13/h3-8,10H,9H2,1-2H3. The molecule has 0 N–H and O–H groups in total. The molecular weight excluding hydrogens is 269 g/mol. The van der Waals surface area contributed by atoms with Gasteiger partial charge >= 0.3 is 0 Å². The molecule has 0 fully saturated rings. The molecule has 1 atom stereocenters. The van der Waals surface area contributed by atoms with E-state index in [0.29, 0.717) is 5.88 Å². The smallest absolute Gasteiger partial charge is 0.125 e. The fraction of sp³-hybridized carbons (Fsp3) is 0.286. The Kier molecular flexibility index (Phi) is 4.25. The van der Waals surface area contributed by atoms with E-state index in [1.807, 2.05) is 19.2 Å². The molecule has 1 unspecified atom stereocenters. The van der Waals surface area contributed by atoms with Crippen LogP contribution in [-0.4, -0.2) is 7.05 Å². The van der Waals surface area contributed by atoms with Crippen molar-refractivity contribution in [1.82, 2.24) is 0 Å². The lowest BCUT2D eigenvalue weighted by Crippen LogP contribution is -2.21. The van der Waals surface area contributed by atoms with Gasteiger partial charge in [0.15, 0.2) is 0 Å². The van der Waals surface area contributed by atoms with Crippen molar-refractivity contribution >= 4 is 28.6 Å². The van der Waals surface area contributed by atoms with Crippen molar-refractivity contribution in [2.75, 3.05) is 11.9 Å². The van der Waals surface area contributed by atoms with Gasteiger partial charge in [-0.25, -0.2) is 4.39 Å². The monoisotopic (exact) mass is 283 g/mol. The van der Waals surface area contributed by atoms with E-state index in [-0.39, 0.29) is 11.9 Å². The molecule has 18 heavy (non-hydrogen) atoms. The molecule has 0 aliphatic carbocycles. The summed E-state index contributed by atoms with van der Waals surface area (Å²) in [6.45, 7) is 2.11. The average molecular weight is 284 g/mol. The van der Waals surface area contributed by atoms with Crippen molar-refractivity contribution in [2.45, 2.75) is 18.8 Å². The van der Waals surface area contributed by atoms with Crippen molar-refractivity contribution in [3.8, 4) is 0 Å². The van der Waals surface area contributed by atoms with E-state index in [1.165, 1.54) is 10.9 Å². The Morgan fingerprint density at radius 1 is 1.39 bits per heavy atom. The zero-order valence-electron chi connectivity index (χ0n) is 10.4. The molecule has 0 saturated heterocycles. The predicted molar refractivity (Wildman–Crippen MR) is 77.1 cm³/mol. The second kappa shape index (κ2) is 5.72. The minimum Gasteiger partial charge on any atom is -0.367 e. The summed E-state index contributed by atoms with van der Waals surface area (Å²) >= 11 is 7.48. The van der Waals surface area contributed by atoms with Gasteiger partial charge in [-0.15, -0.1) is 22.9 Å². The molecule has 96 valence electrons. The predicted octanol–water partition coefficient (Wildman–Crippen LogP) is 4.82. The van der Waals surface area contributed by atoms with Gasteiger partial charge in [0.1, 0.15) is 5.82 Å². The number of alkyl halides is 1. The zero-order chi connectivity index (χ0) is 13.1. The van der Waals surface area contributed by atoms with Crippen LogP contribution in [0.15, 0.2) is 35.7 Å². The Hall–Kier alpha value is -1.06. The molecule has 1 aromatic heterocycles. The van der Waals surface area contributed by atoms with Crippen LogP contribution < -0.4 is 4.90 Å². The van der Waals surface area contributed by atoms with Crippen LogP contribution in [0.2, 0.25) is 0 Å². The highest BCUT2D eigenvalue weighted by molar-refractivity contribution is 7.10. The first-order valence-electron chi connectivity index (χ1n) is 5.73. The number of halogens is 2. The number of rotatable bonds is 4. The number of thiophene rings is 1. The van der Waals surface area contributed by atoms with E-state index >= 15 is 0 Å². The van der Waals surface area contributed by atoms with E-state index in [0.717, 1.165) is 11.3 Å². The molecule has 0 amide bonds. The maximum Gasteiger partial charge on any atom is 0.125 e. The highest BCUT2D eigenvalue weighted by Gasteiger charge is 2.14. The van der Waals surface area contributed by atoms with Crippen LogP contribution in [0.25, 0.3) is 0 Å². The Labute approximate surface area is 116 Å². The van der Waals surface area contributed by atoms with Crippen LogP contribution in [-0.2, 0) is 5.88 Å². The first kappa shape index (κ1) is 13.4. The summed E-state index contributed by atoms with van der Waals surface area (Å²) in [5.41, 5.74) is 1.66. The molecule has 0 aliphatic rings. The Bertz CT molecular complexity index is 513. The first-order chi connectivity index (χ1) is 8.61. The van der Waals surface area contributed by atoms with Gasteiger partial charge in [-0.05, 0) is 42.1 Å². The number of nitrogens with zero attached hydrogens (tertiary/aromatic N) is 1. The molecular formula is C14H15ClFNS. The van der Waals surface area contributed by atoms with E-state index in [2.05, 4.69) is 23.3 Å². The van der Waals surface area contributed by atoms with Gasteiger partial charge < -0.3 is 4.90 Å². The van der Waals surface area contributed by atoms with Crippen LogP contribution in [0.3, 0.4) is 0 Å². The van der Waals surface area contributed by atoms with E-state index in [1.54, 1.807) is 17.4 Å². The Balaban J connectivity index is 2.28. The maximum atomic E-state index is 13.5. The molecule has 0 aliphatic heterocycles. The van der Waals surface area contributed by atoms with E-state index in [4.69, 9.17) is 11.6 Å². The fourth-order valence-electron chi connectivity index (χ4n) is 1.86. The van der Waals surface area contributed by atoms with E-state index in [9.17, 15) is 4.39 Å². The van der Waals surface area contributed by atoms with Gasteiger partial charge in [-0.1, -0.05) is 6.07 Å². The van der Waals surface area contributed by atoms with Crippen molar-refractivity contribution in [2.24, 2.45) is 0 Å². The normalized spacial score (nSPS) is 12.4. The third kappa shape index (κ3) is 2.85. The SMILES string of the molecule is CC(c1cccs1)N(C)c1cc(F)cc(CCl)c1. The molecule has 0 bridgehead atoms. The summed E-state index contributed by atoms with van der Waals surface area (Å²) in [4.78, 5) is 3.32. The first-order valence-corrected chi connectivity index (χ1v) is 7.15. The largest absolute Gasteiger partial charge is 0.367 e. The van der Waals surface area contributed by atoms with Crippen molar-refractivity contribution < 1.29 is 4.39 Å². The summed E-state index contributed by atoms with van der Waals surface area (Å²) in [5.74, 6) is 0.0831.